The minimum absolute atomic E-state index is 0.0690. The molecule has 0 atom stereocenters. The molecule has 29 heavy (non-hydrogen) atoms. The molecule has 0 aliphatic carbocycles. The van der Waals surface area contributed by atoms with Crippen molar-refractivity contribution in [2.24, 2.45) is 5.92 Å². The maximum Gasteiger partial charge on any atom is 0.292 e. The van der Waals surface area contributed by atoms with Crippen LogP contribution in [0.25, 0.3) is 5.57 Å². The highest BCUT2D eigenvalue weighted by atomic mass is 16.5. The maximum atomic E-state index is 12.4. The number of piperidine rings is 1. The van der Waals surface area contributed by atoms with E-state index in [1.807, 2.05) is 20.8 Å². The van der Waals surface area contributed by atoms with Crippen molar-refractivity contribution in [3.8, 4) is 0 Å². The van der Waals surface area contributed by atoms with Crippen molar-refractivity contribution in [1.29, 1.82) is 0 Å². The lowest BCUT2D eigenvalue weighted by Gasteiger charge is -2.23. The highest BCUT2D eigenvalue weighted by Gasteiger charge is 2.24. The zero-order valence-electron chi connectivity index (χ0n) is 18.0. The molecule has 0 unspecified atom stereocenters. The first-order valence-corrected chi connectivity index (χ1v) is 10.3. The molecule has 1 aromatic heterocycles. The predicted octanol–water partition coefficient (Wildman–Crippen LogP) is 4.01. The largest absolute Gasteiger partial charge is 0.345 e. The van der Waals surface area contributed by atoms with Crippen LogP contribution >= 0.6 is 0 Å². The SMILES string of the molecule is C=C(CC1CCNCC1)c1ccc(CNC(=O)c2noc(C(C)(C)C)n2)c(C)c1. The molecule has 2 heterocycles. The van der Waals surface area contributed by atoms with Gasteiger partial charge in [-0.05, 0) is 67.5 Å². The molecule has 0 radical (unpaired) electrons. The van der Waals surface area contributed by atoms with Crippen molar-refractivity contribution in [2.75, 3.05) is 13.1 Å². The summed E-state index contributed by atoms with van der Waals surface area (Å²) >= 11 is 0. The summed E-state index contributed by atoms with van der Waals surface area (Å²) in [6, 6.07) is 6.33. The number of hydrogen-bond donors (Lipinski definition) is 2. The average molecular weight is 397 g/mol. The Morgan fingerprint density at radius 2 is 2.03 bits per heavy atom. The van der Waals surface area contributed by atoms with Gasteiger partial charge in [-0.2, -0.15) is 4.98 Å². The van der Waals surface area contributed by atoms with Gasteiger partial charge in [-0.25, -0.2) is 0 Å². The van der Waals surface area contributed by atoms with Gasteiger partial charge in [-0.15, -0.1) is 0 Å². The number of benzene rings is 1. The number of allylic oxidation sites excluding steroid dienone is 1. The van der Waals surface area contributed by atoms with E-state index in [1.54, 1.807) is 0 Å². The summed E-state index contributed by atoms with van der Waals surface area (Å²) in [5, 5.41) is 10.1. The molecule has 1 amide bonds. The average Bonchev–Trinajstić information content (AvgIpc) is 3.18. The van der Waals surface area contributed by atoms with Crippen LogP contribution in [0.15, 0.2) is 29.3 Å². The molecule has 6 heteroatoms. The minimum atomic E-state index is -0.331. The first-order chi connectivity index (χ1) is 13.7. The van der Waals surface area contributed by atoms with E-state index >= 15 is 0 Å². The van der Waals surface area contributed by atoms with Crippen molar-refractivity contribution in [3.05, 3.63) is 53.2 Å². The van der Waals surface area contributed by atoms with Crippen molar-refractivity contribution < 1.29 is 9.32 Å². The first-order valence-electron chi connectivity index (χ1n) is 10.3. The molecule has 0 spiro atoms. The summed E-state index contributed by atoms with van der Waals surface area (Å²) in [5.41, 5.74) is 4.30. The second-order valence-electron chi connectivity index (χ2n) is 9.00. The topological polar surface area (TPSA) is 80.0 Å². The van der Waals surface area contributed by atoms with E-state index in [-0.39, 0.29) is 17.1 Å². The van der Waals surface area contributed by atoms with E-state index in [0.29, 0.717) is 12.4 Å². The zero-order chi connectivity index (χ0) is 21.0. The number of amides is 1. The minimum Gasteiger partial charge on any atom is -0.345 e. The Bertz CT molecular complexity index is 873. The van der Waals surface area contributed by atoms with Crippen LogP contribution in [0.5, 0.6) is 0 Å². The second kappa shape index (κ2) is 8.91. The van der Waals surface area contributed by atoms with Crippen LogP contribution in [0, 0.1) is 12.8 Å². The molecule has 2 N–H and O–H groups in total. The monoisotopic (exact) mass is 396 g/mol. The van der Waals surface area contributed by atoms with Gasteiger partial charge in [0, 0.05) is 12.0 Å². The molecule has 156 valence electrons. The van der Waals surface area contributed by atoms with E-state index in [1.165, 1.54) is 24.0 Å². The van der Waals surface area contributed by atoms with Crippen molar-refractivity contribution in [2.45, 2.75) is 58.9 Å². The molecule has 6 nitrogen and oxygen atoms in total. The predicted molar refractivity (Wildman–Crippen MR) is 115 cm³/mol. The van der Waals surface area contributed by atoms with Gasteiger partial charge < -0.3 is 15.2 Å². The number of rotatable bonds is 6. The molecule has 1 aliphatic heterocycles. The number of carbonyl (C=O) groups excluding carboxylic acids is 1. The van der Waals surface area contributed by atoms with Crippen LogP contribution in [-0.2, 0) is 12.0 Å². The summed E-state index contributed by atoms with van der Waals surface area (Å²) in [6.07, 6.45) is 3.48. The quantitative estimate of drug-likeness (QED) is 0.771. The molecular formula is C23H32N4O2. The molecule has 1 saturated heterocycles. The van der Waals surface area contributed by atoms with E-state index < -0.39 is 0 Å². The van der Waals surface area contributed by atoms with Gasteiger partial charge in [0.15, 0.2) is 0 Å². The summed E-state index contributed by atoms with van der Waals surface area (Å²) in [7, 11) is 0. The highest BCUT2D eigenvalue weighted by molar-refractivity contribution is 5.90. The summed E-state index contributed by atoms with van der Waals surface area (Å²) < 4.78 is 5.19. The van der Waals surface area contributed by atoms with E-state index in [9.17, 15) is 4.79 Å². The number of carbonyl (C=O) groups is 1. The summed E-state index contributed by atoms with van der Waals surface area (Å²) in [4.78, 5) is 16.6. The number of hydrogen-bond acceptors (Lipinski definition) is 5. The summed E-state index contributed by atoms with van der Waals surface area (Å²) in [6.45, 7) is 14.9. The number of nitrogens with zero attached hydrogens (tertiary/aromatic N) is 2. The maximum absolute atomic E-state index is 12.4. The number of aryl methyl sites for hydroxylation is 1. The van der Waals surface area contributed by atoms with Gasteiger partial charge in [-0.3, -0.25) is 4.79 Å². The fraction of sp³-hybridized carbons (Fsp3) is 0.522. The van der Waals surface area contributed by atoms with Crippen molar-refractivity contribution >= 4 is 11.5 Å². The zero-order valence-corrected chi connectivity index (χ0v) is 18.0. The number of aromatic nitrogens is 2. The molecule has 2 aromatic rings. The molecule has 1 fully saturated rings. The van der Waals surface area contributed by atoms with Crippen molar-refractivity contribution in [1.82, 2.24) is 20.8 Å². The molecule has 1 aliphatic rings. The van der Waals surface area contributed by atoms with Gasteiger partial charge in [0.05, 0.1) is 0 Å². The van der Waals surface area contributed by atoms with Crippen LogP contribution in [0.1, 0.15) is 73.2 Å². The lowest BCUT2D eigenvalue weighted by Crippen LogP contribution is -2.27. The Morgan fingerprint density at radius 1 is 1.31 bits per heavy atom. The first kappa shape index (κ1) is 21.2. The fourth-order valence-electron chi connectivity index (χ4n) is 3.54. The van der Waals surface area contributed by atoms with Crippen molar-refractivity contribution in [3.63, 3.8) is 0 Å². The van der Waals surface area contributed by atoms with Gasteiger partial charge in [-0.1, -0.05) is 50.7 Å². The normalized spacial score (nSPS) is 15.3. The Hall–Kier alpha value is -2.47. The van der Waals surface area contributed by atoms with Gasteiger partial charge >= 0.3 is 0 Å². The third-order valence-electron chi connectivity index (χ3n) is 5.45. The molecule has 0 bridgehead atoms. The number of nitrogens with one attached hydrogen (secondary N) is 2. The van der Waals surface area contributed by atoms with Crippen LogP contribution in [0.4, 0.5) is 0 Å². The Labute approximate surface area is 173 Å². The smallest absolute Gasteiger partial charge is 0.292 e. The molecule has 1 aromatic carbocycles. The molecule has 3 rings (SSSR count). The van der Waals surface area contributed by atoms with Gasteiger partial charge in [0.25, 0.3) is 11.7 Å². The van der Waals surface area contributed by atoms with E-state index in [0.717, 1.165) is 36.6 Å². The van der Waals surface area contributed by atoms with Crippen LogP contribution in [0.2, 0.25) is 0 Å². The lowest BCUT2D eigenvalue weighted by molar-refractivity contribution is 0.0937. The van der Waals surface area contributed by atoms with Gasteiger partial charge in [0.2, 0.25) is 5.89 Å². The van der Waals surface area contributed by atoms with E-state index in [2.05, 4.69) is 52.5 Å². The van der Waals surface area contributed by atoms with E-state index in [4.69, 9.17) is 4.52 Å². The second-order valence-corrected chi connectivity index (χ2v) is 9.00. The third-order valence-corrected chi connectivity index (χ3v) is 5.45. The highest BCUT2D eigenvalue weighted by Crippen LogP contribution is 2.27. The van der Waals surface area contributed by atoms with Gasteiger partial charge in [0.1, 0.15) is 0 Å². The van der Waals surface area contributed by atoms with Crippen LogP contribution < -0.4 is 10.6 Å². The fourth-order valence-corrected chi connectivity index (χ4v) is 3.54. The Balaban J connectivity index is 1.58. The molecular weight excluding hydrogens is 364 g/mol. The lowest BCUT2D eigenvalue weighted by atomic mass is 9.88. The standard InChI is InChI=1S/C23H32N4O2/c1-15(12-17-8-10-24-11-9-17)18-6-7-19(16(2)13-18)14-25-21(28)20-26-22(29-27-20)23(3,4)5/h6-7,13,17,24H,1,8-12,14H2,2-5H3,(H,25,28). The Morgan fingerprint density at radius 3 is 2.66 bits per heavy atom. The molecule has 0 saturated carbocycles. The van der Waals surface area contributed by atoms with Crippen LogP contribution in [0.3, 0.4) is 0 Å². The summed E-state index contributed by atoms with van der Waals surface area (Å²) in [5.74, 6) is 0.911. The third kappa shape index (κ3) is 5.54. The Kier molecular flexibility index (Phi) is 6.52. The van der Waals surface area contributed by atoms with Crippen LogP contribution in [-0.4, -0.2) is 29.1 Å².